The molecular weight excluding hydrogens is 366 g/mol. The largest absolute Gasteiger partial charge is 1.00 e. The standard InChI is InChI=1S/C21H27NO4.ClH/c1-21(2)11-16-5-4-6-19(20(16)26-21)25-14-17(23)13-22-12-15-7-9-18(24-3)10-8-15;/h4-10,17,22-23H,11-14H2,1-3H3;1H/p-1. The molecular formula is C21H27ClNO4-. The van der Waals surface area contributed by atoms with Gasteiger partial charge in [0.2, 0.25) is 0 Å². The van der Waals surface area contributed by atoms with E-state index in [1.807, 2.05) is 36.4 Å². The minimum absolute atomic E-state index is 0. The minimum Gasteiger partial charge on any atom is -1.00 e. The van der Waals surface area contributed by atoms with E-state index in [0.29, 0.717) is 18.8 Å². The monoisotopic (exact) mass is 392 g/mol. The first-order chi connectivity index (χ1) is 12.5. The van der Waals surface area contributed by atoms with Crippen LogP contribution in [-0.4, -0.2) is 37.1 Å². The first kappa shape index (κ1) is 21.4. The molecule has 1 unspecified atom stereocenters. The Bertz CT molecular complexity index is 733. The Kier molecular flexibility index (Phi) is 7.36. The predicted molar refractivity (Wildman–Crippen MR) is 101 cm³/mol. The van der Waals surface area contributed by atoms with Crippen LogP contribution in [0.5, 0.6) is 17.2 Å². The Hall–Kier alpha value is -1.95. The van der Waals surface area contributed by atoms with Crippen LogP contribution in [0.1, 0.15) is 25.0 Å². The number of rotatable bonds is 8. The molecule has 5 nitrogen and oxygen atoms in total. The number of aliphatic hydroxyl groups excluding tert-OH is 1. The van der Waals surface area contributed by atoms with Crippen molar-refractivity contribution in [3.05, 3.63) is 53.6 Å². The molecule has 0 aliphatic carbocycles. The smallest absolute Gasteiger partial charge is 0.165 e. The van der Waals surface area contributed by atoms with Crippen molar-refractivity contribution < 1.29 is 31.7 Å². The number of aliphatic hydroxyl groups is 1. The molecule has 0 bridgehead atoms. The van der Waals surface area contributed by atoms with Gasteiger partial charge in [-0.05, 0) is 37.6 Å². The van der Waals surface area contributed by atoms with Crippen LogP contribution in [0.15, 0.2) is 42.5 Å². The van der Waals surface area contributed by atoms with Crippen molar-refractivity contribution in [1.29, 1.82) is 0 Å². The van der Waals surface area contributed by atoms with E-state index in [0.717, 1.165) is 29.0 Å². The van der Waals surface area contributed by atoms with Crippen LogP contribution in [0.4, 0.5) is 0 Å². The Labute approximate surface area is 167 Å². The van der Waals surface area contributed by atoms with Gasteiger partial charge in [-0.1, -0.05) is 24.3 Å². The molecule has 2 aromatic rings. The lowest BCUT2D eigenvalue weighted by Gasteiger charge is -2.19. The highest BCUT2D eigenvalue weighted by molar-refractivity contribution is 5.50. The van der Waals surface area contributed by atoms with Gasteiger partial charge in [0.25, 0.3) is 0 Å². The Morgan fingerprint density at radius 1 is 1.19 bits per heavy atom. The van der Waals surface area contributed by atoms with Crippen LogP contribution in [-0.2, 0) is 13.0 Å². The first-order valence-corrected chi connectivity index (χ1v) is 8.92. The van der Waals surface area contributed by atoms with Crippen LogP contribution in [0, 0.1) is 0 Å². The number of hydrogen-bond acceptors (Lipinski definition) is 5. The summed E-state index contributed by atoms with van der Waals surface area (Å²) in [6, 6.07) is 13.8. The van der Waals surface area contributed by atoms with Crippen molar-refractivity contribution in [1.82, 2.24) is 5.32 Å². The van der Waals surface area contributed by atoms with Crippen molar-refractivity contribution in [2.75, 3.05) is 20.3 Å². The third-order valence-electron chi connectivity index (χ3n) is 4.35. The highest BCUT2D eigenvalue weighted by Crippen LogP contribution is 2.41. The van der Waals surface area contributed by atoms with E-state index in [-0.39, 0.29) is 24.6 Å². The number of benzene rings is 2. The zero-order valence-corrected chi connectivity index (χ0v) is 16.8. The average Bonchev–Trinajstić information content (AvgIpc) is 2.95. The van der Waals surface area contributed by atoms with Gasteiger partial charge in [-0.3, -0.25) is 0 Å². The maximum atomic E-state index is 10.2. The zero-order chi connectivity index (χ0) is 18.6. The second-order valence-electron chi connectivity index (χ2n) is 7.23. The molecule has 1 atom stereocenters. The molecule has 0 amide bonds. The molecule has 2 aromatic carbocycles. The molecule has 1 aliphatic rings. The van der Waals surface area contributed by atoms with Crippen LogP contribution >= 0.6 is 0 Å². The van der Waals surface area contributed by atoms with Crippen LogP contribution in [0.3, 0.4) is 0 Å². The van der Waals surface area contributed by atoms with Crippen molar-refractivity contribution in [2.45, 2.75) is 38.5 Å². The normalized spacial score (nSPS) is 15.3. The summed E-state index contributed by atoms with van der Waals surface area (Å²) in [5.74, 6) is 2.33. The Morgan fingerprint density at radius 2 is 1.93 bits per heavy atom. The fraction of sp³-hybridized carbons (Fsp3) is 0.429. The number of ether oxygens (including phenoxy) is 3. The topological polar surface area (TPSA) is 60.0 Å². The number of para-hydroxylation sites is 1. The van der Waals surface area contributed by atoms with Gasteiger partial charge in [0, 0.05) is 25.1 Å². The third-order valence-corrected chi connectivity index (χ3v) is 4.35. The summed E-state index contributed by atoms with van der Waals surface area (Å²) in [5.41, 5.74) is 2.08. The number of nitrogens with one attached hydrogen (secondary N) is 1. The van der Waals surface area contributed by atoms with Gasteiger partial charge >= 0.3 is 0 Å². The van der Waals surface area contributed by atoms with Crippen LogP contribution in [0.2, 0.25) is 0 Å². The second-order valence-corrected chi connectivity index (χ2v) is 7.23. The third kappa shape index (κ3) is 5.76. The molecule has 6 heteroatoms. The summed E-state index contributed by atoms with van der Waals surface area (Å²) in [6.45, 7) is 5.48. The molecule has 2 N–H and O–H groups in total. The molecule has 0 saturated carbocycles. The van der Waals surface area contributed by atoms with Gasteiger partial charge in [0.15, 0.2) is 11.5 Å². The van der Waals surface area contributed by atoms with E-state index in [1.165, 1.54) is 0 Å². The Balaban J connectivity index is 0.00000261. The van der Waals surface area contributed by atoms with Gasteiger partial charge < -0.3 is 37.0 Å². The zero-order valence-electron chi connectivity index (χ0n) is 16.0. The minimum atomic E-state index is -0.599. The predicted octanol–water partition coefficient (Wildman–Crippen LogP) is -0.0578. The lowest BCUT2D eigenvalue weighted by Crippen LogP contribution is -3.00. The summed E-state index contributed by atoms with van der Waals surface area (Å²) >= 11 is 0. The highest BCUT2D eigenvalue weighted by atomic mass is 35.5. The van der Waals surface area contributed by atoms with E-state index < -0.39 is 6.10 Å². The number of methoxy groups -OCH3 is 1. The lowest BCUT2D eigenvalue weighted by atomic mass is 10.0. The van der Waals surface area contributed by atoms with E-state index in [4.69, 9.17) is 14.2 Å². The number of halogens is 1. The molecule has 0 aromatic heterocycles. The van der Waals surface area contributed by atoms with Gasteiger partial charge in [-0.2, -0.15) is 0 Å². The molecule has 0 spiro atoms. The quantitative estimate of drug-likeness (QED) is 0.659. The number of hydrogen-bond donors (Lipinski definition) is 2. The SMILES string of the molecule is COc1ccc(CNCC(O)COc2cccc3c2OC(C)(C)C3)cc1.[Cl-]. The fourth-order valence-corrected chi connectivity index (χ4v) is 3.07. The van der Waals surface area contributed by atoms with Gasteiger partial charge in [0.1, 0.15) is 24.1 Å². The van der Waals surface area contributed by atoms with E-state index in [2.05, 4.69) is 25.2 Å². The van der Waals surface area contributed by atoms with Crippen LogP contribution < -0.4 is 31.9 Å². The molecule has 0 radical (unpaired) electrons. The molecule has 1 heterocycles. The molecule has 148 valence electrons. The summed E-state index contributed by atoms with van der Waals surface area (Å²) in [5, 5.41) is 13.4. The number of fused-ring (bicyclic) bond motifs is 1. The molecule has 0 saturated heterocycles. The molecule has 0 fully saturated rings. The van der Waals surface area contributed by atoms with Crippen molar-refractivity contribution in [3.8, 4) is 17.2 Å². The lowest BCUT2D eigenvalue weighted by molar-refractivity contribution is -0.0000108. The maximum Gasteiger partial charge on any atom is 0.165 e. The summed E-state index contributed by atoms with van der Waals surface area (Å²) in [6.07, 6.45) is 0.268. The molecule has 1 aliphatic heterocycles. The van der Waals surface area contributed by atoms with E-state index in [1.54, 1.807) is 7.11 Å². The van der Waals surface area contributed by atoms with Gasteiger partial charge in [0.05, 0.1) is 7.11 Å². The van der Waals surface area contributed by atoms with Gasteiger partial charge in [-0.15, -0.1) is 0 Å². The maximum absolute atomic E-state index is 10.2. The van der Waals surface area contributed by atoms with Crippen molar-refractivity contribution in [2.24, 2.45) is 0 Å². The second kappa shape index (κ2) is 9.31. The van der Waals surface area contributed by atoms with Gasteiger partial charge in [-0.25, -0.2) is 0 Å². The van der Waals surface area contributed by atoms with Crippen LogP contribution in [0.25, 0.3) is 0 Å². The summed E-state index contributed by atoms with van der Waals surface area (Å²) in [4.78, 5) is 0. The molecule has 3 rings (SSSR count). The van der Waals surface area contributed by atoms with Crippen molar-refractivity contribution in [3.63, 3.8) is 0 Å². The highest BCUT2D eigenvalue weighted by Gasteiger charge is 2.32. The fourth-order valence-electron chi connectivity index (χ4n) is 3.07. The van der Waals surface area contributed by atoms with E-state index in [9.17, 15) is 5.11 Å². The average molecular weight is 393 g/mol. The summed E-state index contributed by atoms with van der Waals surface area (Å²) in [7, 11) is 1.65. The summed E-state index contributed by atoms with van der Waals surface area (Å²) < 4.78 is 16.9. The van der Waals surface area contributed by atoms with Crippen molar-refractivity contribution >= 4 is 0 Å². The molecule has 27 heavy (non-hydrogen) atoms. The first-order valence-electron chi connectivity index (χ1n) is 8.92. The Morgan fingerprint density at radius 3 is 2.63 bits per heavy atom. The van der Waals surface area contributed by atoms with E-state index >= 15 is 0 Å².